The second-order valence-electron chi connectivity index (χ2n) is 6.30. The summed E-state index contributed by atoms with van der Waals surface area (Å²) in [5, 5.41) is 0. The molecule has 0 spiro atoms. The van der Waals surface area contributed by atoms with Crippen molar-refractivity contribution in [2.75, 3.05) is 6.61 Å². The van der Waals surface area contributed by atoms with Crippen molar-refractivity contribution >= 4 is 21.7 Å². The lowest BCUT2D eigenvalue weighted by atomic mass is 10.0. The van der Waals surface area contributed by atoms with Crippen molar-refractivity contribution in [3.63, 3.8) is 0 Å². The number of allylic oxidation sites excluding steroid dienone is 1. The van der Waals surface area contributed by atoms with Crippen molar-refractivity contribution in [2.24, 2.45) is 0 Å². The molecule has 0 unspecified atom stereocenters. The first kappa shape index (κ1) is 17.4. The minimum atomic E-state index is -3.06. The third-order valence-corrected chi connectivity index (χ3v) is 7.08. The second-order valence-corrected chi connectivity index (χ2v) is 8.74. The van der Waals surface area contributed by atoms with Gasteiger partial charge in [0.1, 0.15) is 0 Å². The van der Waals surface area contributed by atoms with Crippen molar-refractivity contribution in [1.82, 2.24) is 4.72 Å². The molecule has 0 radical (unpaired) electrons. The second kappa shape index (κ2) is 6.48. The normalized spacial score (nSPS) is 16.6. The molecule has 1 aliphatic rings. The van der Waals surface area contributed by atoms with E-state index in [4.69, 9.17) is 4.74 Å². The highest BCUT2D eigenvalue weighted by Crippen LogP contribution is 2.39. The zero-order chi connectivity index (χ0) is 18.2. The van der Waals surface area contributed by atoms with E-state index in [1.54, 1.807) is 13.8 Å². The standard InChI is InChI=1S/C20H23NO3S/c1-5-24-20(22)19-15(4)21-25(23,16-9-6-13(2)7-10-16)18-11-8-14(3)12-17(18)19/h6-12,25H,5H2,1-4H3,(H,21,23). The van der Waals surface area contributed by atoms with E-state index in [-0.39, 0.29) is 0 Å². The number of fused-ring (bicyclic) bond motifs is 1. The van der Waals surface area contributed by atoms with E-state index >= 15 is 0 Å². The van der Waals surface area contributed by atoms with E-state index in [2.05, 4.69) is 4.72 Å². The van der Waals surface area contributed by atoms with Crippen molar-refractivity contribution in [3.05, 3.63) is 64.9 Å². The molecule has 0 aromatic heterocycles. The SMILES string of the molecule is CCOC(=O)C1=C(C)N[SH](=O)(c2ccc(C)cc2)c2ccc(C)cc21. The van der Waals surface area contributed by atoms with Gasteiger partial charge >= 0.3 is 5.97 Å². The Hall–Kier alpha value is -2.40. The maximum Gasteiger partial charge on any atom is 0.340 e. The predicted octanol–water partition coefficient (Wildman–Crippen LogP) is 3.55. The number of hydrogen-bond donors (Lipinski definition) is 2. The molecule has 0 aliphatic carbocycles. The number of hydrogen-bond acceptors (Lipinski definition) is 3. The predicted molar refractivity (Wildman–Crippen MR) is 101 cm³/mol. The first-order valence-electron chi connectivity index (χ1n) is 8.32. The third kappa shape index (κ3) is 3.00. The van der Waals surface area contributed by atoms with Crippen LogP contribution in [-0.4, -0.2) is 16.8 Å². The van der Waals surface area contributed by atoms with Gasteiger partial charge < -0.3 is 9.46 Å². The zero-order valence-electron chi connectivity index (χ0n) is 14.9. The van der Waals surface area contributed by atoms with Crippen molar-refractivity contribution < 1.29 is 13.7 Å². The van der Waals surface area contributed by atoms with Crippen LogP contribution in [0.1, 0.15) is 30.5 Å². The molecule has 5 heteroatoms. The summed E-state index contributed by atoms with van der Waals surface area (Å²) in [6.45, 7) is 7.80. The van der Waals surface area contributed by atoms with Crippen LogP contribution in [0.15, 0.2) is 58.0 Å². The number of benzene rings is 2. The molecule has 1 heterocycles. The summed E-state index contributed by atoms with van der Waals surface area (Å²) in [4.78, 5) is 13.8. The molecule has 1 N–H and O–H groups in total. The van der Waals surface area contributed by atoms with Gasteiger partial charge in [-0.05, 0) is 52.0 Å². The molecular weight excluding hydrogens is 334 g/mol. The van der Waals surface area contributed by atoms with Gasteiger partial charge in [-0.2, -0.15) is 0 Å². The van der Waals surface area contributed by atoms with E-state index in [1.807, 2.05) is 56.3 Å². The minimum absolute atomic E-state index is 0.298. The van der Waals surface area contributed by atoms with Crippen LogP contribution in [-0.2, 0) is 19.7 Å². The highest BCUT2D eigenvalue weighted by atomic mass is 32.3. The lowest BCUT2D eigenvalue weighted by molar-refractivity contribution is -0.136. The highest BCUT2D eigenvalue weighted by Gasteiger charge is 2.33. The summed E-state index contributed by atoms with van der Waals surface area (Å²) >= 11 is 0. The molecule has 2 aromatic rings. The summed E-state index contributed by atoms with van der Waals surface area (Å²) in [6, 6.07) is 13.3. The number of rotatable bonds is 3. The van der Waals surface area contributed by atoms with E-state index in [9.17, 15) is 9.00 Å². The van der Waals surface area contributed by atoms with Gasteiger partial charge in [-0.25, -0.2) is 4.79 Å². The van der Waals surface area contributed by atoms with Gasteiger partial charge in [0, 0.05) is 31.2 Å². The summed E-state index contributed by atoms with van der Waals surface area (Å²) in [6.07, 6.45) is 0. The fraction of sp³-hybridized carbons (Fsp3) is 0.250. The molecule has 0 amide bonds. The molecular formula is C20H23NO3S. The fourth-order valence-corrected chi connectivity index (χ4v) is 5.58. The van der Waals surface area contributed by atoms with Crippen LogP contribution >= 0.6 is 0 Å². The maximum atomic E-state index is 13.9. The molecule has 0 saturated carbocycles. The number of aryl methyl sites for hydroxylation is 2. The Balaban J connectivity index is 2.23. The smallest absolute Gasteiger partial charge is 0.340 e. The Morgan fingerprint density at radius 3 is 2.32 bits per heavy atom. The fourth-order valence-electron chi connectivity index (χ4n) is 3.10. The van der Waals surface area contributed by atoms with Crippen LogP contribution in [0.4, 0.5) is 0 Å². The Morgan fingerprint density at radius 1 is 1.04 bits per heavy atom. The summed E-state index contributed by atoms with van der Waals surface area (Å²) in [7, 11) is -3.06. The average molecular weight is 357 g/mol. The molecule has 0 fully saturated rings. The summed E-state index contributed by atoms with van der Waals surface area (Å²) in [5.74, 6) is -0.394. The lowest BCUT2D eigenvalue weighted by Gasteiger charge is -2.35. The number of esters is 1. The van der Waals surface area contributed by atoms with E-state index < -0.39 is 16.1 Å². The van der Waals surface area contributed by atoms with Gasteiger partial charge in [0.05, 0.1) is 12.2 Å². The first-order valence-corrected chi connectivity index (χ1v) is 10.0. The largest absolute Gasteiger partial charge is 0.462 e. The van der Waals surface area contributed by atoms with Crippen LogP contribution < -0.4 is 4.72 Å². The number of carbonyl (C=O) groups excluding carboxylic acids is 1. The zero-order valence-corrected chi connectivity index (χ0v) is 15.8. The van der Waals surface area contributed by atoms with Crippen LogP contribution in [0.2, 0.25) is 0 Å². The molecule has 1 aliphatic heterocycles. The molecule has 2 aromatic carbocycles. The van der Waals surface area contributed by atoms with Gasteiger partial charge in [-0.3, -0.25) is 4.21 Å². The van der Waals surface area contributed by atoms with E-state index in [0.29, 0.717) is 28.3 Å². The van der Waals surface area contributed by atoms with Crippen LogP contribution in [0.25, 0.3) is 5.57 Å². The highest BCUT2D eigenvalue weighted by molar-refractivity contribution is 8.01. The van der Waals surface area contributed by atoms with Gasteiger partial charge in [0.15, 0.2) is 0 Å². The molecule has 3 rings (SSSR count). The van der Waals surface area contributed by atoms with Crippen molar-refractivity contribution in [2.45, 2.75) is 37.5 Å². The monoisotopic (exact) mass is 357 g/mol. The number of nitrogens with one attached hydrogen (secondary N) is 1. The summed E-state index contributed by atoms with van der Waals surface area (Å²) < 4.78 is 22.3. The molecule has 132 valence electrons. The number of ether oxygens (including phenoxy) is 1. The average Bonchev–Trinajstić information content (AvgIpc) is 2.55. The first-order chi connectivity index (χ1) is 11.9. The van der Waals surface area contributed by atoms with Crippen LogP contribution in [0.5, 0.6) is 0 Å². The quantitative estimate of drug-likeness (QED) is 0.652. The summed E-state index contributed by atoms with van der Waals surface area (Å²) in [5.41, 5.74) is 3.85. The Morgan fingerprint density at radius 2 is 1.68 bits per heavy atom. The van der Waals surface area contributed by atoms with Crippen molar-refractivity contribution in [1.29, 1.82) is 0 Å². The van der Waals surface area contributed by atoms with E-state index in [1.165, 1.54) is 0 Å². The molecule has 0 bridgehead atoms. The van der Waals surface area contributed by atoms with Gasteiger partial charge in [0.25, 0.3) is 0 Å². The third-order valence-electron chi connectivity index (χ3n) is 4.34. The van der Waals surface area contributed by atoms with Gasteiger partial charge in [-0.15, -0.1) is 0 Å². The molecule has 0 saturated heterocycles. The number of thiol groups is 1. The van der Waals surface area contributed by atoms with Crippen molar-refractivity contribution in [3.8, 4) is 0 Å². The van der Waals surface area contributed by atoms with Crippen LogP contribution in [0, 0.1) is 13.8 Å². The number of carbonyl (C=O) groups is 1. The Bertz CT molecular complexity index is 913. The Kier molecular flexibility index (Phi) is 4.52. The van der Waals surface area contributed by atoms with Crippen LogP contribution in [0.3, 0.4) is 0 Å². The maximum absolute atomic E-state index is 13.9. The topological polar surface area (TPSA) is 55.4 Å². The van der Waals surface area contributed by atoms with Gasteiger partial charge in [0.2, 0.25) is 0 Å². The lowest BCUT2D eigenvalue weighted by Crippen LogP contribution is -2.36. The minimum Gasteiger partial charge on any atom is -0.462 e. The molecule has 25 heavy (non-hydrogen) atoms. The van der Waals surface area contributed by atoms with Gasteiger partial charge in [-0.1, -0.05) is 29.3 Å². The Labute approximate surface area is 149 Å². The molecule has 0 atom stereocenters. The van der Waals surface area contributed by atoms with E-state index in [0.717, 1.165) is 16.0 Å². The molecule has 4 nitrogen and oxygen atoms in total.